The zero-order valence-corrected chi connectivity index (χ0v) is 17.6. The molecule has 0 saturated heterocycles. The quantitative estimate of drug-likeness (QED) is 0.561. The minimum absolute atomic E-state index is 0. The first-order valence-electron chi connectivity index (χ1n) is 9.30. The fraction of sp³-hybridized carbons (Fsp3) is 0.286. The third kappa shape index (κ3) is 6.05. The van der Waals surface area contributed by atoms with Crippen LogP contribution in [0.4, 0.5) is 13.2 Å². The van der Waals surface area contributed by atoms with Crippen LogP contribution in [0.5, 0.6) is 0 Å². The van der Waals surface area contributed by atoms with Crippen LogP contribution in [0.25, 0.3) is 11.4 Å². The first-order chi connectivity index (χ1) is 14.1. The molecular formula is C21H22ClF3N4O2. The van der Waals surface area contributed by atoms with Crippen molar-refractivity contribution in [1.29, 1.82) is 0 Å². The minimum Gasteiger partial charge on any atom is -0.350 e. The molecule has 1 unspecified atom stereocenters. The molecule has 0 radical (unpaired) electrons. The Morgan fingerprint density at radius 1 is 1.06 bits per heavy atom. The Kier molecular flexibility index (Phi) is 7.80. The van der Waals surface area contributed by atoms with Crippen molar-refractivity contribution < 1.29 is 22.5 Å². The summed E-state index contributed by atoms with van der Waals surface area (Å²) in [6, 6.07) is 13.4. The van der Waals surface area contributed by atoms with Crippen molar-refractivity contribution in [3.8, 4) is 11.4 Å². The number of amides is 1. The van der Waals surface area contributed by atoms with Crippen molar-refractivity contribution in [1.82, 2.24) is 15.5 Å². The van der Waals surface area contributed by atoms with E-state index in [2.05, 4.69) is 33.8 Å². The standard InChI is InChI=1S/C21H21F3N4O2.ClH/c1-12(2)13-3-5-14(6-4-13)17(25)11-26-19(29)16-9-7-15(8-10-16)18-27-20(30-28-18)21(22,23)24;/h3-10,12,17H,11,25H2,1-2H3,(H,26,29);1H. The van der Waals surface area contributed by atoms with Crippen LogP contribution in [0.15, 0.2) is 53.1 Å². The highest BCUT2D eigenvalue weighted by Gasteiger charge is 2.38. The fourth-order valence-corrected chi connectivity index (χ4v) is 2.78. The van der Waals surface area contributed by atoms with E-state index in [4.69, 9.17) is 5.73 Å². The number of alkyl halides is 3. The van der Waals surface area contributed by atoms with Gasteiger partial charge in [0, 0.05) is 23.7 Å². The van der Waals surface area contributed by atoms with Crippen LogP contribution in [-0.2, 0) is 6.18 Å². The summed E-state index contributed by atoms with van der Waals surface area (Å²) in [5.74, 6) is -1.55. The average molecular weight is 455 g/mol. The lowest BCUT2D eigenvalue weighted by molar-refractivity contribution is -0.159. The van der Waals surface area contributed by atoms with Gasteiger partial charge in [-0.05, 0) is 29.2 Å². The topological polar surface area (TPSA) is 94.0 Å². The molecule has 0 aliphatic heterocycles. The molecule has 0 aliphatic rings. The molecule has 166 valence electrons. The van der Waals surface area contributed by atoms with Gasteiger partial charge in [-0.2, -0.15) is 18.2 Å². The molecule has 3 aromatic rings. The Morgan fingerprint density at radius 3 is 2.16 bits per heavy atom. The van der Waals surface area contributed by atoms with Gasteiger partial charge >= 0.3 is 12.1 Å². The normalized spacial score (nSPS) is 12.4. The van der Waals surface area contributed by atoms with Gasteiger partial charge in [0.1, 0.15) is 0 Å². The van der Waals surface area contributed by atoms with Crippen molar-refractivity contribution in [2.45, 2.75) is 32.0 Å². The SMILES string of the molecule is CC(C)c1ccc(C(N)CNC(=O)c2ccc(-c3noc(C(F)(F)F)n3)cc2)cc1.Cl. The van der Waals surface area contributed by atoms with Crippen molar-refractivity contribution >= 4 is 18.3 Å². The molecule has 1 aromatic heterocycles. The Morgan fingerprint density at radius 2 is 1.65 bits per heavy atom. The van der Waals surface area contributed by atoms with Crippen molar-refractivity contribution in [3.63, 3.8) is 0 Å². The number of hydrogen-bond acceptors (Lipinski definition) is 5. The third-order valence-corrected chi connectivity index (χ3v) is 4.59. The van der Waals surface area contributed by atoms with Gasteiger partial charge in [-0.25, -0.2) is 0 Å². The maximum Gasteiger partial charge on any atom is 0.471 e. The van der Waals surface area contributed by atoms with Crippen LogP contribution in [-0.4, -0.2) is 22.6 Å². The van der Waals surface area contributed by atoms with E-state index in [1.807, 2.05) is 24.3 Å². The smallest absolute Gasteiger partial charge is 0.350 e. The van der Waals surface area contributed by atoms with Gasteiger partial charge < -0.3 is 15.6 Å². The van der Waals surface area contributed by atoms with Crippen molar-refractivity contribution in [2.24, 2.45) is 5.73 Å². The number of carbonyl (C=O) groups is 1. The van der Waals surface area contributed by atoms with Gasteiger partial charge in [0.15, 0.2) is 0 Å². The molecule has 2 aromatic carbocycles. The highest BCUT2D eigenvalue weighted by Crippen LogP contribution is 2.29. The summed E-state index contributed by atoms with van der Waals surface area (Å²) in [7, 11) is 0. The number of rotatable bonds is 6. The highest BCUT2D eigenvalue weighted by atomic mass is 35.5. The third-order valence-electron chi connectivity index (χ3n) is 4.59. The summed E-state index contributed by atoms with van der Waals surface area (Å²) in [6.07, 6.45) is -4.71. The van der Waals surface area contributed by atoms with Crippen LogP contribution in [0, 0.1) is 0 Å². The molecule has 1 atom stereocenters. The molecule has 0 spiro atoms. The summed E-state index contributed by atoms with van der Waals surface area (Å²) in [4.78, 5) is 15.7. The first kappa shape index (κ1) is 24.4. The number of nitrogens with zero attached hydrogens (tertiary/aromatic N) is 2. The fourth-order valence-electron chi connectivity index (χ4n) is 2.78. The lowest BCUT2D eigenvalue weighted by atomic mass is 9.99. The van der Waals surface area contributed by atoms with E-state index in [0.29, 0.717) is 17.0 Å². The number of aromatic nitrogens is 2. The number of hydrogen-bond donors (Lipinski definition) is 2. The first-order valence-corrected chi connectivity index (χ1v) is 9.30. The predicted octanol–water partition coefficient (Wildman–Crippen LogP) is 4.73. The average Bonchev–Trinajstić information content (AvgIpc) is 3.23. The van der Waals surface area contributed by atoms with E-state index < -0.39 is 12.1 Å². The zero-order chi connectivity index (χ0) is 21.9. The Balaban J connectivity index is 0.00000341. The van der Waals surface area contributed by atoms with Gasteiger partial charge in [0.2, 0.25) is 5.82 Å². The zero-order valence-electron chi connectivity index (χ0n) is 16.8. The van der Waals surface area contributed by atoms with E-state index in [9.17, 15) is 18.0 Å². The number of nitrogens with two attached hydrogens (primary N) is 1. The summed E-state index contributed by atoms with van der Waals surface area (Å²) in [5, 5.41) is 6.07. The Hall–Kier alpha value is -2.91. The summed E-state index contributed by atoms with van der Waals surface area (Å²) >= 11 is 0. The highest BCUT2D eigenvalue weighted by molar-refractivity contribution is 5.94. The number of benzene rings is 2. The van der Waals surface area contributed by atoms with Crippen LogP contribution >= 0.6 is 12.4 Å². The second kappa shape index (κ2) is 9.93. The van der Waals surface area contributed by atoms with E-state index in [1.165, 1.54) is 29.8 Å². The minimum atomic E-state index is -4.71. The van der Waals surface area contributed by atoms with Gasteiger partial charge in [-0.3, -0.25) is 4.79 Å². The van der Waals surface area contributed by atoms with Gasteiger partial charge in [0.25, 0.3) is 5.91 Å². The lowest BCUT2D eigenvalue weighted by Gasteiger charge is -2.14. The molecule has 3 N–H and O–H groups in total. The van der Waals surface area contributed by atoms with Crippen LogP contribution in [0.3, 0.4) is 0 Å². The Labute approximate surface area is 183 Å². The number of carbonyl (C=O) groups excluding carboxylic acids is 1. The van der Waals surface area contributed by atoms with E-state index >= 15 is 0 Å². The van der Waals surface area contributed by atoms with Crippen LogP contribution in [0.1, 0.15) is 53.2 Å². The molecule has 1 heterocycles. The molecule has 6 nitrogen and oxygen atoms in total. The second-order valence-electron chi connectivity index (χ2n) is 7.14. The lowest BCUT2D eigenvalue weighted by Crippen LogP contribution is -2.31. The van der Waals surface area contributed by atoms with Gasteiger partial charge in [-0.1, -0.05) is 55.4 Å². The largest absolute Gasteiger partial charge is 0.471 e. The van der Waals surface area contributed by atoms with Crippen molar-refractivity contribution in [3.05, 3.63) is 71.1 Å². The molecule has 10 heteroatoms. The maximum atomic E-state index is 12.6. The predicted molar refractivity (Wildman–Crippen MR) is 112 cm³/mol. The molecule has 1 amide bonds. The molecule has 0 saturated carbocycles. The van der Waals surface area contributed by atoms with E-state index in [-0.39, 0.29) is 36.7 Å². The molecule has 31 heavy (non-hydrogen) atoms. The molecule has 3 rings (SSSR count). The second-order valence-corrected chi connectivity index (χ2v) is 7.14. The van der Waals surface area contributed by atoms with Crippen LogP contribution < -0.4 is 11.1 Å². The summed E-state index contributed by atoms with van der Waals surface area (Å²) < 4.78 is 41.9. The van der Waals surface area contributed by atoms with Crippen molar-refractivity contribution in [2.75, 3.05) is 6.54 Å². The molecule has 0 bridgehead atoms. The van der Waals surface area contributed by atoms with Gasteiger partial charge in [-0.15, -0.1) is 12.4 Å². The molecule has 0 fully saturated rings. The van der Waals surface area contributed by atoms with E-state index in [1.54, 1.807) is 0 Å². The molecule has 0 aliphatic carbocycles. The van der Waals surface area contributed by atoms with Crippen LogP contribution in [0.2, 0.25) is 0 Å². The van der Waals surface area contributed by atoms with Gasteiger partial charge in [0.05, 0.1) is 0 Å². The monoisotopic (exact) mass is 454 g/mol. The molecular weight excluding hydrogens is 433 g/mol. The summed E-state index contributed by atoms with van der Waals surface area (Å²) in [5.41, 5.74) is 8.90. The van der Waals surface area contributed by atoms with E-state index in [0.717, 1.165) is 5.56 Å². The number of halogens is 4. The summed E-state index contributed by atoms with van der Waals surface area (Å²) in [6.45, 7) is 4.45. The number of nitrogens with one attached hydrogen (secondary N) is 1. The maximum absolute atomic E-state index is 12.6. The Bertz CT molecular complexity index is 1000.